The van der Waals surface area contributed by atoms with Gasteiger partial charge in [0.25, 0.3) is 0 Å². The highest BCUT2D eigenvalue weighted by Crippen LogP contribution is 2.42. The van der Waals surface area contributed by atoms with E-state index in [0.717, 1.165) is 19.8 Å². The summed E-state index contributed by atoms with van der Waals surface area (Å²) in [7, 11) is 3.63. The van der Waals surface area contributed by atoms with E-state index >= 15 is 0 Å². The maximum atomic E-state index is 6.58. The molecule has 0 aromatic carbocycles. The molecule has 3 nitrogen and oxygen atoms in total. The Morgan fingerprint density at radius 3 is 1.70 bits per heavy atom. The molecule has 0 unspecified atom stereocenters. The van der Waals surface area contributed by atoms with Gasteiger partial charge in [-0.1, -0.05) is 32.1 Å². The van der Waals surface area contributed by atoms with Crippen molar-refractivity contribution in [1.82, 2.24) is 0 Å². The summed E-state index contributed by atoms with van der Waals surface area (Å²) in [6, 6.07) is 0. The zero-order valence-electron chi connectivity index (χ0n) is 15.9. The second-order valence-electron chi connectivity index (χ2n) is 8.44. The fraction of sp³-hybridized carbons (Fsp3) is 1.00. The molecular formula is C20H38O3. The molecule has 2 rings (SSSR count). The summed E-state index contributed by atoms with van der Waals surface area (Å²) in [6.45, 7) is 6.82. The average Bonchev–Trinajstić information content (AvgIpc) is 3.09. The van der Waals surface area contributed by atoms with Gasteiger partial charge in [-0.25, -0.2) is 0 Å². The van der Waals surface area contributed by atoms with Crippen LogP contribution in [0.5, 0.6) is 0 Å². The molecule has 136 valence electrons. The van der Waals surface area contributed by atoms with Crippen LogP contribution in [0, 0.1) is 17.3 Å². The lowest BCUT2D eigenvalue weighted by molar-refractivity contribution is -0.145. The summed E-state index contributed by atoms with van der Waals surface area (Å²) >= 11 is 0. The predicted octanol–water partition coefficient (Wildman–Crippen LogP) is 4.83. The molecule has 0 bridgehead atoms. The van der Waals surface area contributed by atoms with Crippen LogP contribution in [0.3, 0.4) is 0 Å². The van der Waals surface area contributed by atoms with E-state index in [1.54, 1.807) is 0 Å². The van der Waals surface area contributed by atoms with Crippen LogP contribution in [-0.4, -0.2) is 39.6 Å². The van der Waals surface area contributed by atoms with Gasteiger partial charge in [0.05, 0.1) is 25.4 Å². The first-order valence-electron chi connectivity index (χ1n) is 9.66. The third-order valence-electron chi connectivity index (χ3n) is 6.40. The molecule has 0 N–H and O–H groups in total. The third-order valence-corrected chi connectivity index (χ3v) is 6.40. The van der Waals surface area contributed by atoms with Gasteiger partial charge in [-0.05, 0) is 51.4 Å². The van der Waals surface area contributed by atoms with Crippen molar-refractivity contribution in [1.29, 1.82) is 0 Å². The smallest absolute Gasteiger partial charge is 0.0654 e. The van der Waals surface area contributed by atoms with Gasteiger partial charge >= 0.3 is 0 Å². The first-order chi connectivity index (χ1) is 11.0. The van der Waals surface area contributed by atoms with Gasteiger partial charge in [-0.2, -0.15) is 0 Å². The van der Waals surface area contributed by atoms with E-state index in [-0.39, 0.29) is 11.0 Å². The minimum absolute atomic E-state index is 0.0137. The molecule has 3 heteroatoms. The van der Waals surface area contributed by atoms with Gasteiger partial charge < -0.3 is 14.2 Å². The Hall–Kier alpha value is -0.120. The molecule has 23 heavy (non-hydrogen) atoms. The predicted molar refractivity (Wildman–Crippen MR) is 94.7 cm³/mol. The highest BCUT2D eigenvalue weighted by atomic mass is 16.5. The Kier molecular flexibility index (Phi) is 7.37. The van der Waals surface area contributed by atoms with Crippen LogP contribution in [0.2, 0.25) is 0 Å². The Balaban J connectivity index is 2.05. The Labute approximate surface area is 143 Å². The summed E-state index contributed by atoms with van der Waals surface area (Å²) in [5.41, 5.74) is -0.0162. The Morgan fingerprint density at radius 2 is 1.17 bits per heavy atom. The molecule has 2 aliphatic rings. The lowest BCUT2D eigenvalue weighted by Crippen LogP contribution is -2.47. The van der Waals surface area contributed by atoms with Crippen LogP contribution < -0.4 is 0 Å². The van der Waals surface area contributed by atoms with Crippen LogP contribution >= 0.6 is 0 Å². The largest absolute Gasteiger partial charge is 0.384 e. The van der Waals surface area contributed by atoms with Crippen molar-refractivity contribution in [2.75, 3.05) is 34.0 Å². The highest BCUT2D eigenvalue weighted by molar-refractivity contribution is 4.91. The van der Waals surface area contributed by atoms with E-state index in [1.165, 1.54) is 57.8 Å². The summed E-state index contributed by atoms with van der Waals surface area (Å²) in [5.74, 6) is 1.37. The molecule has 0 aromatic heterocycles. The molecule has 0 heterocycles. The van der Waals surface area contributed by atoms with Gasteiger partial charge in [0.1, 0.15) is 0 Å². The second kappa shape index (κ2) is 8.82. The van der Waals surface area contributed by atoms with Crippen molar-refractivity contribution in [3.05, 3.63) is 0 Å². The van der Waals surface area contributed by atoms with Gasteiger partial charge in [0.15, 0.2) is 0 Å². The first-order valence-corrected chi connectivity index (χ1v) is 9.66. The van der Waals surface area contributed by atoms with E-state index in [4.69, 9.17) is 14.2 Å². The third kappa shape index (κ3) is 4.93. The first kappa shape index (κ1) is 19.2. The van der Waals surface area contributed by atoms with Gasteiger partial charge in [0, 0.05) is 19.6 Å². The van der Waals surface area contributed by atoms with Gasteiger partial charge in [-0.15, -0.1) is 0 Å². The highest BCUT2D eigenvalue weighted by Gasteiger charge is 2.42. The molecule has 2 fully saturated rings. The minimum Gasteiger partial charge on any atom is -0.384 e. The summed E-state index contributed by atoms with van der Waals surface area (Å²) in [6.07, 6.45) is 12.0. The van der Waals surface area contributed by atoms with E-state index in [9.17, 15) is 0 Å². The molecule has 2 saturated carbocycles. The summed E-state index contributed by atoms with van der Waals surface area (Å²) in [5, 5.41) is 0. The van der Waals surface area contributed by atoms with Gasteiger partial charge in [-0.3, -0.25) is 0 Å². The lowest BCUT2D eigenvalue weighted by atomic mass is 9.69. The van der Waals surface area contributed by atoms with Gasteiger partial charge in [0.2, 0.25) is 0 Å². The molecule has 0 aromatic rings. The molecule has 2 aliphatic carbocycles. The number of methoxy groups -OCH3 is 2. The van der Waals surface area contributed by atoms with Crippen molar-refractivity contribution >= 4 is 0 Å². The van der Waals surface area contributed by atoms with Crippen LogP contribution in [0.1, 0.15) is 71.6 Å². The fourth-order valence-corrected chi connectivity index (χ4v) is 4.84. The standard InChI is InChI=1S/C20H38O3/c1-19(2,17-10-8-9-11-17)23-16-20(14-21-3,15-22-4)18-12-6-5-7-13-18/h17-18H,5-16H2,1-4H3. The van der Waals surface area contributed by atoms with E-state index < -0.39 is 0 Å². The zero-order valence-corrected chi connectivity index (χ0v) is 15.9. The molecule has 0 atom stereocenters. The number of hydrogen-bond donors (Lipinski definition) is 0. The van der Waals surface area contributed by atoms with Crippen molar-refractivity contribution in [3.63, 3.8) is 0 Å². The maximum Gasteiger partial charge on any atom is 0.0654 e. The fourth-order valence-electron chi connectivity index (χ4n) is 4.84. The normalized spacial score (nSPS) is 21.9. The topological polar surface area (TPSA) is 27.7 Å². The lowest BCUT2D eigenvalue weighted by Gasteiger charge is -2.44. The molecular weight excluding hydrogens is 288 g/mol. The maximum absolute atomic E-state index is 6.58. The number of ether oxygens (including phenoxy) is 3. The van der Waals surface area contributed by atoms with Crippen molar-refractivity contribution in [2.45, 2.75) is 77.2 Å². The molecule has 0 saturated heterocycles. The molecule has 0 radical (unpaired) electrons. The molecule has 0 spiro atoms. The van der Waals surface area contributed by atoms with Crippen molar-refractivity contribution in [3.8, 4) is 0 Å². The Morgan fingerprint density at radius 1 is 0.696 bits per heavy atom. The van der Waals surface area contributed by atoms with Crippen LogP contribution in [0.25, 0.3) is 0 Å². The molecule has 0 aliphatic heterocycles. The van der Waals surface area contributed by atoms with Crippen molar-refractivity contribution in [2.24, 2.45) is 17.3 Å². The quantitative estimate of drug-likeness (QED) is 0.607. The monoisotopic (exact) mass is 326 g/mol. The summed E-state index contributed by atoms with van der Waals surface area (Å²) in [4.78, 5) is 0. The second-order valence-corrected chi connectivity index (χ2v) is 8.44. The van der Waals surface area contributed by atoms with Crippen LogP contribution in [-0.2, 0) is 14.2 Å². The minimum atomic E-state index is -0.0299. The summed E-state index contributed by atoms with van der Waals surface area (Å²) < 4.78 is 17.9. The SMILES string of the molecule is COCC(COC)(COC(C)(C)C1CCCC1)C1CCCCC1. The van der Waals surface area contributed by atoms with E-state index in [1.807, 2.05) is 14.2 Å². The van der Waals surface area contributed by atoms with Crippen LogP contribution in [0.15, 0.2) is 0 Å². The Bertz CT molecular complexity index is 322. The van der Waals surface area contributed by atoms with E-state index in [2.05, 4.69) is 13.8 Å². The van der Waals surface area contributed by atoms with Crippen molar-refractivity contribution < 1.29 is 14.2 Å². The molecule has 0 amide bonds. The van der Waals surface area contributed by atoms with E-state index in [0.29, 0.717) is 11.8 Å². The number of rotatable bonds is 9. The van der Waals surface area contributed by atoms with Crippen LogP contribution in [0.4, 0.5) is 0 Å². The average molecular weight is 327 g/mol. The number of hydrogen-bond acceptors (Lipinski definition) is 3. The zero-order chi connectivity index (χ0) is 16.8.